The summed E-state index contributed by atoms with van der Waals surface area (Å²) in [6.07, 6.45) is 0. The zero-order valence-electron chi connectivity index (χ0n) is 3.24. The van der Waals surface area contributed by atoms with Crippen molar-refractivity contribution < 1.29 is 21.5 Å². The first-order valence-corrected chi connectivity index (χ1v) is 4.19. The van der Waals surface area contributed by atoms with E-state index in [2.05, 4.69) is 10.2 Å². The molecule has 1 nitrogen and oxygen atoms in total. The molecule has 0 N–H and O–H groups in total. The second-order valence-electron chi connectivity index (χ2n) is 1.14. The standard InChI is InChI=1S/C3H7IN/c1-5-3-2-4-5/h2-3H2,1H3/q-1. The predicted molar refractivity (Wildman–Crippen MR) is 17.5 cm³/mol. The quantitative estimate of drug-likeness (QED) is 0.219. The van der Waals surface area contributed by atoms with Gasteiger partial charge in [-0.3, -0.25) is 0 Å². The fourth-order valence-corrected chi connectivity index (χ4v) is 1.70. The maximum absolute atomic E-state index is 2.42. The molecule has 5 heavy (non-hydrogen) atoms. The van der Waals surface area contributed by atoms with Crippen molar-refractivity contribution in [2.45, 2.75) is 0 Å². The van der Waals surface area contributed by atoms with Gasteiger partial charge < -0.3 is 0 Å². The van der Waals surface area contributed by atoms with Gasteiger partial charge in [-0.05, 0) is 0 Å². The van der Waals surface area contributed by atoms with E-state index in [4.69, 9.17) is 0 Å². The van der Waals surface area contributed by atoms with Crippen LogP contribution in [0.1, 0.15) is 0 Å². The number of alkyl halides is 1. The third kappa shape index (κ3) is 0.758. The topological polar surface area (TPSA) is 3.24 Å². The molecule has 0 radical (unpaired) electrons. The Morgan fingerprint density at radius 3 is 2.20 bits per heavy atom. The Bertz CT molecular complexity index is 33.9. The Labute approximate surface area is 43.0 Å². The molecule has 0 unspecified atom stereocenters. The first-order valence-electron chi connectivity index (χ1n) is 1.70. The van der Waals surface area contributed by atoms with Gasteiger partial charge in [0.15, 0.2) is 0 Å². The van der Waals surface area contributed by atoms with Crippen LogP contribution in [0.3, 0.4) is 0 Å². The summed E-state index contributed by atoms with van der Waals surface area (Å²) in [5.41, 5.74) is 0. The van der Waals surface area contributed by atoms with Gasteiger partial charge in [0.2, 0.25) is 0 Å². The third-order valence-corrected chi connectivity index (χ3v) is 3.29. The van der Waals surface area contributed by atoms with Gasteiger partial charge in [0.05, 0.1) is 0 Å². The van der Waals surface area contributed by atoms with Gasteiger partial charge in [-0.1, -0.05) is 0 Å². The van der Waals surface area contributed by atoms with Crippen molar-refractivity contribution in [3.8, 4) is 0 Å². The first kappa shape index (κ1) is 3.87. The SMILES string of the molecule is CN1CC[I-]1. The van der Waals surface area contributed by atoms with E-state index in [-0.39, 0.29) is 0 Å². The third-order valence-electron chi connectivity index (χ3n) is 0.681. The van der Waals surface area contributed by atoms with E-state index in [1.807, 2.05) is 0 Å². The summed E-state index contributed by atoms with van der Waals surface area (Å²) in [5.74, 6) is 0. The van der Waals surface area contributed by atoms with Crippen LogP contribution < -0.4 is 21.5 Å². The van der Waals surface area contributed by atoms with Gasteiger partial charge in [0.25, 0.3) is 0 Å². The normalized spacial score (nSPS) is 27.4. The Morgan fingerprint density at radius 1 is 1.80 bits per heavy atom. The van der Waals surface area contributed by atoms with Gasteiger partial charge >= 0.3 is 42.6 Å². The number of hydrogen-bond acceptors (Lipinski definition) is 1. The Hall–Kier alpha value is 0.690. The molecule has 0 aromatic rings. The van der Waals surface area contributed by atoms with Crippen molar-refractivity contribution in [1.29, 1.82) is 0 Å². The fourth-order valence-electron chi connectivity index (χ4n) is 0.254. The van der Waals surface area contributed by atoms with Gasteiger partial charge in [-0.15, -0.1) is 0 Å². The van der Waals surface area contributed by atoms with Crippen molar-refractivity contribution in [2.24, 2.45) is 0 Å². The summed E-state index contributed by atoms with van der Waals surface area (Å²) < 4.78 is 3.94. The second-order valence-corrected chi connectivity index (χ2v) is 4.55. The zero-order chi connectivity index (χ0) is 3.70. The van der Waals surface area contributed by atoms with Crippen molar-refractivity contribution in [2.75, 3.05) is 18.0 Å². The van der Waals surface area contributed by atoms with E-state index < -0.39 is 0 Å². The summed E-state index contributed by atoms with van der Waals surface area (Å²) >= 11 is 0.562. The van der Waals surface area contributed by atoms with E-state index in [1.54, 1.807) is 0 Å². The average molecular weight is 184 g/mol. The molecule has 1 rings (SSSR count). The van der Waals surface area contributed by atoms with Crippen LogP contribution in [0.25, 0.3) is 0 Å². The molecule has 32 valence electrons. The number of hydrogen-bond donors (Lipinski definition) is 0. The Balaban J connectivity index is 2.08. The molecule has 0 aromatic heterocycles. The molecule has 0 bridgehead atoms. The minimum absolute atomic E-state index is 0.562. The van der Waals surface area contributed by atoms with Crippen LogP contribution in [-0.4, -0.2) is 21.1 Å². The summed E-state index contributed by atoms with van der Waals surface area (Å²) in [7, 11) is 2.19. The second kappa shape index (κ2) is 1.43. The molecule has 0 saturated carbocycles. The Kier molecular flexibility index (Phi) is 1.10. The van der Waals surface area contributed by atoms with E-state index in [9.17, 15) is 0 Å². The van der Waals surface area contributed by atoms with Crippen LogP contribution in [-0.2, 0) is 0 Å². The number of nitrogens with zero attached hydrogens (tertiary/aromatic N) is 1. The predicted octanol–water partition coefficient (Wildman–Crippen LogP) is -3.06. The molecule has 0 atom stereocenters. The van der Waals surface area contributed by atoms with Crippen molar-refractivity contribution in [1.82, 2.24) is 3.11 Å². The maximum atomic E-state index is 2.42. The van der Waals surface area contributed by atoms with Crippen molar-refractivity contribution in [3.63, 3.8) is 0 Å². The molecule has 1 saturated heterocycles. The Morgan fingerprint density at radius 2 is 2.20 bits per heavy atom. The molecule has 0 aromatic carbocycles. The van der Waals surface area contributed by atoms with Crippen LogP contribution >= 0.6 is 0 Å². The molecule has 1 aliphatic heterocycles. The molecular weight excluding hydrogens is 177 g/mol. The van der Waals surface area contributed by atoms with Crippen molar-refractivity contribution >= 4 is 0 Å². The average Bonchev–Trinajstić information content (AvgIpc) is 1.30. The number of halogens is 1. The molecule has 1 aliphatic rings. The van der Waals surface area contributed by atoms with E-state index in [1.165, 1.54) is 11.0 Å². The minimum atomic E-state index is 0.562. The molecule has 0 aliphatic carbocycles. The zero-order valence-corrected chi connectivity index (χ0v) is 5.40. The molecule has 2 heteroatoms. The monoisotopic (exact) mass is 184 g/mol. The summed E-state index contributed by atoms with van der Waals surface area (Å²) in [4.78, 5) is 0. The summed E-state index contributed by atoms with van der Waals surface area (Å²) in [6.45, 7) is 1.37. The molecule has 1 fully saturated rings. The van der Waals surface area contributed by atoms with E-state index in [0.29, 0.717) is 21.5 Å². The van der Waals surface area contributed by atoms with Gasteiger partial charge in [-0.2, -0.15) is 0 Å². The summed E-state index contributed by atoms with van der Waals surface area (Å²) in [5, 5.41) is 0. The molecule has 0 amide bonds. The van der Waals surface area contributed by atoms with Crippen LogP contribution in [0.2, 0.25) is 0 Å². The number of rotatable bonds is 0. The first-order chi connectivity index (χ1) is 2.39. The van der Waals surface area contributed by atoms with Gasteiger partial charge in [-0.25, -0.2) is 0 Å². The van der Waals surface area contributed by atoms with E-state index in [0.717, 1.165) is 0 Å². The van der Waals surface area contributed by atoms with Crippen LogP contribution in [0.4, 0.5) is 0 Å². The van der Waals surface area contributed by atoms with Gasteiger partial charge in [0.1, 0.15) is 0 Å². The van der Waals surface area contributed by atoms with Crippen LogP contribution in [0.15, 0.2) is 0 Å². The van der Waals surface area contributed by atoms with Gasteiger partial charge in [0, 0.05) is 0 Å². The van der Waals surface area contributed by atoms with Crippen LogP contribution in [0, 0.1) is 0 Å². The molecule has 0 spiro atoms. The fraction of sp³-hybridized carbons (Fsp3) is 1.00. The van der Waals surface area contributed by atoms with Crippen molar-refractivity contribution in [3.05, 3.63) is 0 Å². The molecule has 1 heterocycles. The van der Waals surface area contributed by atoms with E-state index >= 15 is 0 Å². The molecular formula is C3H7IN-. The summed E-state index contributed by atoms with van der Waals surface area (Å²) in [6, 6.07) is 0. The van der Waals surface area contributed by atoms with Crippen LogP contribution in [0.5, 0.6) is 0 Å².